The average molecular weight is 417 g/mol. The number of primary amides is 1. The maximum absolute atomic E-state index is 13.1. The third-order valence-corrected chi connectivity index (χ3v) is 6.03. The SMILES string of the molecule is CC1=C(C)N2C(=NC3C2C(=O)N(CC(N)=O)C(=O)N3C)N1c1ccc(C)c(Cl)c1. The molecule has 0 saturated carbocycles. The number of aryl methyl sites for hydroxylation is 1. The van der Waals surface area contributed by atoms with Gasteiger partial charge in [0.15, 0.2) is 12.2 Å². The summed E-state index contributed by atoms with van der Waals surface area (Å²) in [5.74, 6) is -0.700. The molecule has 4 rings (SSSR count). The second-order valence-corrected chi connectivity index (χ2v) is 7.79. The van der Waals surface area contributed by atoms with Crippen LogP contribution < -0.4 is 10.6 Å². The lowest BCUT2D eigenvalue weighted by Crippen LogP contribution is -2.65. The normalized spacial score (nSPS) is 23.7. The van der Waals surface area contributed by atoms with Crippen LogP contribution in [-0.4, -0.2) is 64.3 Å². The number of carbonyl (C=O) groups excluding carboxylic acids is 3. The average Bonchev–Trinajstić information content (AvgIpc) is 3.15. The maximum atomic E-state index is 13.1. The summed E-state index contributed by atoms with van der Waals surface area (Å²) < 4.78 is 0. The van der Waals surface area contributed by atoms with E-state index in [4.69, 9.17) is 22.3 Å². The minimum absolute atomic E-state index is 0.465. The van der Waals surface area contributed by atoms with Crippen molar-refractivity contribution in [1.29, 1.82) is 0 Å². The van der Waals surface area contributed by atoms with Gasteiger partial charge in [0.25, 0.3) is 5.91 Å². The van der Waals surface area contributed by atoms with Crippen LogP contribution in [0.4, 0.5) is 10.5 Å². The molecule has 0 bridgehead atoms. The number of imide groups is 1. The number of anilines is 1. The molecule has 2 unspecified atom stereocenters. The number of halogens is 1. The van der Waals surface area contributed by atoms with Gasteiger partial charge in [0.2, 0.25) is 11.9 Å². The van der Waals surface area contributed by atoms with Gasteiger partial charge in [-0.25, -0.2) is 9.79 Å². The lowest BCUT2D eigenvalue weighted by Gasteiger charge is -2.40. The van der Waals surface area contributed by atoms with Crippen LogP contribution in [0.5, 0.6) is 0 Å². The Morgan fingerprint density at radius 2 is 1.90 bits per heavy atom. The largest absolute Gasteiger partial charge is 0.368 e. The summed E-state index contributed by atoms with van der Waals surface area (Å²) in [5.41, 5.74) is 8.74. The number of urea groups is 1. The molecular formula is C19H21ClN6O3. The highest BCUT2D eigenvalue weighted by molar-refractivity contribution is 6.31. The van der Waals surface area contributed by atoms with Crippen LogP contribution in [0.3, 0.4) is 0 Å². The summed E-state index contributed by atoms with van der Waals surface area (Å²) in [6.45, 7) is 5.28. The summed E-state index contributed by atoms with van der Waals surface area (Å²) in [5, 5.41) is 0.624. The van der Waals surface area contributed by atoms with Gasteiger partial charge >= 0.3 is 6.03 Å². The van der Waals surface area contributed by atoms with Crippen molar-refractivity contribution >= 4 is 41.1 Å². The van der Waals surface area contributed by atoms with Gasteiger partial charge in [0.05, 0.1) is 5.69 Å². The molecule has 4 amide bonds. The Bertz CT molecular complexity index is 1020. The molecule has 3 aliphatic heterocycles. The van der Waals surface area contributed by atoms with Crippen LogP contribution in [0.25, 0.3) is 0 Å². The number of nitrogens with zero attached hydrogens (tertiary/aromatic N) is 5. The number of benzene rings is 1. The number of fused-ring (bicyclic) bond motifs is 3. The zero-order valence-electron chi connectivity index (χ0n) is 16.5. The Morgan fingerprint density at radius 1 is 1.21 bits per heavy atom. The van der Waals surface area contributed by atoms with E-state index in [-0.39, 0.29) is 0 Å². The lowest BCUT2D eigenvalue weighted by atomic mass is 10.1. The minimum Gasteiger partial charge on any atom is -0.368 e. The second-order valence-electron chi connectivity index (χ2n) is 7.38. The highest BCUT2D eigenvalue weighted by Crippen LogP contribution is 2.40. The number of amides is 4. The van der Waals surface area contributed by atoms with E-state index in [0.717, 1.165) is 27.5 Å². The van der Waals surface area contributed by atoms with Crippen LogP contribution in [0.15, 0.2) is 34.6 Å². The summed E-state index contributed by atoms with van der Waals surface area (Å²) in [6, 6.07) is 4.34. The first-order valence-electron chi connectivity index (χ1n) is 9.10. The topological polar surface area (TPSA) is 103 Å². The number of aliphatic imine (C=N–C) groups is 1. The predicted molar refractivity (Wildman–Crippen MR) is 108 cm³/mol. The number of hydrogen-bond acceptors (Lipinski definition) is 6. The van der Waals surface area contributed by atoms with Crippen molar-refractivity contribution in [3.8, 4) is 0 Å². The second kappa shape index (κ2) is 6.48. The maximum Gasteiger partial charge on any atom is 0.328 e. The first-order chi connectivity index (χ1) is 13.6. The number of carbonyl (C=O) groups is 3. The third kappa shape index (κ3) is 2.68. The van der Waals surface area contributed by atoms with Gasteiger partial charge in [-0.3, -0.25) is 24.3 Å². The van der Waals surface area contributed by atoms with E-state index in [9.17, 15) is 14.4 Å². The van der Waals surface area contributed by atoms with Crippen molar-refractivity contribution < 1.29 is 14.4 Å². The smallest absolute Gasteiger partial charge is 0.328 e. The Kier molecular flexibility index (Phi) is 4.30. The van der Waals surface area contributed by atoms with Crippen LogP contribution in [0, 0.1) is 6.92 Å². The molecule has 0 radical (unpaired) electrons. The van der Waals surface area contributed by atoms with Crippen LogP contribution in [0.1, 0.15) is 19.4 Å². The molecule has 2 N–H and O–H groups in total. The van der Waals surface area contributed by atoms with Crippen LogP contribution in [-0.2, 0) is 9.59 Å². The first-order valence-corrected chi connectivity index (χ1v) is 9.48. The molecule has 3 heterocycles. The van der Waals surface area contributed by atoms with Crippen molar-refractivity contribution in [2.24, 2.45) is 10.7 Å². The predicted octanol–water partition coefficient (Wildman–Crippen LogP) is 1.47. The van der Waals surface area contributed by atoms with Gasteiger partial charge in [-0.1, -0.05) is 17.7 Å². The zero-order chi connectivity index (χ0) is 21.2. The molecule has 0 aliphatic carbocycles. The molecule has 0 spiro atoms. The molecule has 1 saturated heterocycles. The number of guanidine groups is 1. The molecule has 1 fully saturated rings. The minimum atomic E-state index is -0.757. The summed E-state index contributed by atoms with van der Waals surface area (Å²) in [6.07, 6.45) is -0.694. The summed E-state index contributed by atoms with van der Waals surface area (Å²) in [4.78, 5) is 47.8. The van der Waals surface area contributed by atoms with E-state index in [1.807, 2.05) is 48.8 Å². The molecule has 10 heteroatoms. The quantitative estimate of drug-likeness (QED) is 0.803. The van der Waals surface area contributed by atoms with Gasteiger partial charge in [0, 0.05) is 23.5 Å². The number of hydrogen-bond donors (Lipinski definition) is 1. The number of likely N-dealkylation sites (N-methyl/N-ethyl adjacent to an activating group) is 1. The fraction of sp³-hybridized carbons (Fsp3) is 0.368. The van der Waals surface area contributed by atoms with Crippen molar-refractivity contribution in [2.75, 3.05) is 18.5 Å². The van der Waals surface area contributed by atoms with E-state index >= 15 is 0 Å². The standard InChI is InChI=1S/C19H21ClN6O3/c1-9-5-6-12(7-13(9)20)25-10(2)11(3)26-15-16(22-18(25)26)23(4)19(29)24(17(15)28)8-14(21)27/h5-7,15-16H,8H2,1-4H3,(H2,21,27). The van der Waals surface area contributed by atoms with Gasteiger partial charge in [-0.2, -0.15) is 0 Å². The fourth-order valence-electron chi connectivity index (χ4n) is 3.94. The third-order valence-electron chi connectivity index (χ3n) is 5.62. The molecule has 0 aromatic heterocycles. The number of rotatable bonds is 3. The van der Waals surface area contributed by atoms with E-state index in [0.29, 0.717) is 11.0 Å². The van der Waals surface area contributed by atoms with E-state index < -0.39 is 36.6 Å². The Morgan fingerprint density at radius 3 is 2.52 bits per heavy atom. The molecule has 2 atom stereocenters. The summed E-state index contributed by atoms with van der Waals surface area (Å²) in [7, 11) is 1.56. The molecule has 3 aliphatic rings. The Balaban J connectivity index is 1.78. The number of nitrogens with two attached hydrogens (primary N) is 1. The highest BCUT2D eigenvalue weighted by atomic mass is 35.5. The molecule has 1 aromatic carbocycles. The fourth-order valence-corrected chi connectivity index (χ4v) is 4.12. The van der Waals surface area contributed by atoms with Gasteiger partial charge < -0.3 is 10.6 Å². The van der Waals surface area contributed by atoms with Crippen molar-refractivity contribution in [1.82, 2.24) is 14.7 Å². The number of allylic oxidation sites excluding steroid dienone is 2. The molecule has 29 heavy (non-hydrogen) atoms. The molecular weight excluding hydrogens is 396 g/mol. The van der Waals surface area contributed by atoms with Crippen molar-refractivity contribution in [3.63, 3.8) is 0 Å². The van der Waals surface area contributed by atoms with Crippen LogP contribution >= 0.6 is 11.6 Å². The monoisotopic (exact) mass is 416 g/mol. The molecule has 152 valence electrons. The van der Waals surface area contributed by atoms with Gasteiger partial charge in [-0.15, -0.1) is 0 Å². The Hall–Kier alpha value is -3.07. The van der Waals surface area contributed by atoms with Crippen LogP contribution in [0.2, 0.25) is 5.02 Å². The van der Waals surface area contributed by atoms with Crippen molar-refractivity contribution in [2.45, 2.75) is 33.0 Å². The van der Waals surface area contributed by atoms with E-state index in [2.05, 4.69) is 0 Å². The Labute approximate surface area is 173 Å². The lowest BCUT2D eigenvalue weighted by molar-refractivity contribution is -0.139. The van der Waals surface area contributed by atoms with Gasteiger partial charge in [0.1, 0.15) is 6.54 Å². The summed E-state index contributed by atoms with van der Waals surface area (Å²) >= 11 is 6.32. The highest BCUT2D eigenvalue weighted by Gasteiger charge is 2.56. The van der Waals surface area contributed by atoms with E-state index in [1.54, 1.807) is 7.05 Å². The molecule has 1 aromatic rings. The van der Waals surface area contributed by atoms with E-state index in [1.165, 1.54) is 4.90 Å². The zero-order valence-corrected chi connectivity index (χ0v) is 17.3. The first kappa shape index (κ1) is 19.3. The van der Waals surface area contributed by atoms with Gasteiger partial charge in [-0.05, 0) is 38.5 Å². The molecule has 9 nitrogen and oxygen atoms in total. The van der Waals surface area contributed by atoms with Crippen molar-refractivity contribution in [3.05, 3.63) is 40.2 Å².